The van der Waals surface area contributed by atoms with Gasteiger partial charge in [-0.3, -0.25) is 4.79 Å². The van der Waals surface area contributed by atoms with Crippen LogP contribution in [-0.2, 0) is 5.54 Å². The maximum absolute atomic E-state index is 12.2. The first-order valence-electron chi connectivity index (χ1n) is 6.29. The van der Waals surface area contributed by atoms with Gasteiger partial charge in [-0.2, -0.15) is 0 Å². The van der Waals surface area contributed by atoms with Gasteiger partial charge in [-0.05, 0) is 48.3 Å². The monoisotopic (exact) mass is 247 g/mol. The first-order chi connectivity index (χ1) is 8.13. The molecule has 1 saturated carbocycles. The first kappa shape index (κ1) is 9.95. The van der Waals surface area contributed by atoms with Crippen molar-refractivity contribution in [1.29, 1.82) is 0 Å². The number of benzene rings is 1. The van der Waals surface area contributed by atoms with Gasteiger partial charge in [0.2, 0.25) is 0 Å². The Bertz CT molecular complexity index is 553. The van der Waals surface area contributed by atoms with Crippen LogP contribution >= 0.6 is 11.6 Å². The van der Waals surface area contributed by atoms with Gasteiger partial charge in [-0.25, -0.2) is 0 Å². The Kier molecular flexibility index (Phi) is 1.68. The summed E-state index contributed by atoms with van der Waals surface area (Å²) >= 11 is 6.20. The lowest BCUT2D eigenvalue weighted by atomic mass is 9.58. The van der Waals surface area contributed by atoms with Gasteiger partial charge >= 0.3 is 0 Å². The van der Waals surface area contributed by atoms with E-state index in [2.05, 4.69) is 18.3 Å². The normalized spacial score (nSPS) is 36.9. The molecular weight excluding hydrogens is 234 g/mol. The fourth-order valence-electron chi connectivity index (χ4n) is 4.20. The van der Waals surface area contributed by atoms with Crippen molar-refractivity contribution in [3.63, 3.8) is 0 Å². The molecule has 0 saturated heterocycles. The van der Waals surface area contributed by atoms with E-state index in [9.17, 15) is 4.79 Å². The van der Waals surface area contributed by atoms with Crippen molar-refractivity contribution in [2.24, 2.45) is 5.92 Å². The molecule has 1 spiro atoms. The summed E-state index contributed by atoms with van der Waals surface area (Å²) in [4.78, 5) is 12.2. The maximum Gasteiger partial charge on any atom is 0.253 e. The van der Waals surface area contributed by atoms with Crippen molar-refractivity contribution >= 4 is 17.5 Å². The van der Waals surface area contributed by atoms with Crippen LogP contribution in [0.4, 0.5) is 0 Å². The van der Waals surface area contributed by atoms with Gasteiger partial charge in [0, 0.05) is 0 Å². The number of hydrogen-bond acceptors (Lipinski definition) is 1. The third kappa shape index (κ3) is 0.971. The molecule has 0 aromatic heterocycles. The van der Waals surface area contributed by atoms with E-state index in [4.69, 9.17) is 11.6 Å². The van der Waals surface area contributed by atoms with E-state index in [0.717, 1.165) is 12.0 Å². The second-order valence-corrected chi connectivity index (χ2v) is 6.09. The number of amides is 1. The highest BCUT2D eigenvalue weighted by atomic mass is 35.5. The Labute approximate surface area is 105 Å². The predicted molar refractivity (Wildman–Crippen MR) is 66.4 cm³/mol. The summed E-state index contributed by atoms with van der Waals surface area (Å²) in [5.41, 5.74) is 3.24. The van der Waals surface area contributed by atoms with Crippen LogP contribution in [0.3, 0.4) is 0 Å². The summed E-state index contributed by atoms with van der Waals surface area (Å²) in [7, 11) is 0. The molecule has 1 fully saturated rings. The number of halogens is 1. The van der Waals surface area contributed by atoms with Crippen LogP contribution in [-0.4, -0.2) is 5.91 Å². The van der Waals surface area contributed by atoms with Crippen molar-refractivity contribution in [2.75, 3.05) is 0 Å². The lowest BCUT2D eigenvalue weighted by Gasteiger charge is -2.49. The molecule has 5 rings (SSSR count). The van der Waals surface area contributed by atoms with Crippen LogP contribution in [0.5, 0.6) is 0 Å². The number of rotatable bonds is 0. The molecule has 1 aromatic carbocycles. The summed E-state index contributed by atoms with van der Waals surface area (Å²) < 4.78 is 0. The minimum absolute atomic E-state index is 0.0289. The molecule has 17 heavy (non-hydrogen) atoms. The average Bonchev–Trinajstić information content (AvgIpc) is 2.61. The summed E-state index contributed by atoms with van der Waals surface area (Å²) in [6, 6.07) is 4.02. The van der Waals surface area contributed by atoms with Gasteiger partial charge in [-0.15, -0.1) is 0 Å². The minimum Gasteiger partial charge on any atom is -0.342 e. The fourth-order valence-corrected chi connectivity index (χ4v) is 4.44. The number of hydrogen-bond donors (Lipinski definition) is 1. The topological polar surface area (TPSA) is 29.1 Å². The van der Waals surface area contributed by atoms with E-state index in [-0.39, 0.29) is 11.4 Å². The highest BCUT2D eigenvalue weighted by molar-refractivity contribution is 6.34. The molecule has 3 heteroatoms. The molecule has 3 aliphatic carbocycles. The largest absolute Gasteiger partial charge is 0.342 e. The lowest BCUT2D eigenvalue weighted by molar-refractivity contribution is 0.0813. The summed E-state index contributed by atoms with van der Waals surface area (Å²) in [6.07, 6.45) is 3.46. The van der Waals surface area contributed by atoms with Crippen molar-refractivity contribution in [2.45, 2.75) is 37.6 Å². The molecule has 1 heterocycles. The van der Waals surface area contributed by atoms with Crippen LogP contribution in [0.2, 0.25) is 5.02 Å². The van der Waals surface area contributed by atoms with Gasteiger partial charge in [-0.1, -0.05) is 24.6 Å². The molecule has 2 bridgehead atoms. The summed E-state index contributed by atoms with van der Waals surface area (Å²) in [5, 5.41) is 3.84. The molecule has 2 nitrogen and oxygen atoms in total. The van der Waals surface area contributed by atoms with Crippen molar-refractivity contribution in [1.82, 2.24) is 5.32 Å². The second kappa shape index (κ2) is 2.86. The lowest BCUT2D eigenvalue weighted by Crippen LogP contribution is -2.51. The molecule has 1 aliphatic heterocycles. The number of fused-ring (bicyclic) bond motifs is 2. The third-order valence-electron chi connectivity index (χ3n) is 5.00. The van der Waals surface area contributed by atoms with E-state index in [0.29, 0.717) is 16.9 Å². The average molecular weight is 248 g/mol. The Balaban J connectivity index is 2.12. The quantitative estimate of drug-likeness (QED) is 0.750. The highest BCUT2D eigenvalue weighted by Crippen LogP contribution is 2.58. The Hall–Kier alpha value is -1.02. The van der Waals surface area contributed by atoms with Crippen LogP contribution in [0, 0.1) is 5.92 Å². The minimum atomic E-state index is -0.110. The highest BCUT2D eigenvalue weighted by Gasteiger charge is 2.55. The number of nitrogens with one attached hydrogen (secondary N) is 1. The maximum atomic E-state index is 12.2. The van der Waals surface area contributed by atoms with Crippen LogP contribution in [0.15, 0.2) is 12.1 Å². The smallest absolute Gasteiger partial charge is 0.253 e. The molecular formula is C14H14ClNO. The Morgan fingerprint density at radius 1 is 1.47 bits per heavy atom. The van der Waals surface area contributed by atoms with Gasteiger partial charge < -0.3 is 5.32 Å². The fraction of sp³-hybridized carbons (Fsp3) is 0.500. The van der Waals surface area contributed by atoms with Gasteiger partial charge in [0.05, 0.1) is 16.1 Å². The first-order valence-corrected chi connectivity index (χ1v) is 6.66. The molecule has 1 amide bonds. The predicted octanol–water partition coefficient (Wildman–Crippen LogP) is 3.20. The third-order valence-corrected chi connectivity index (χ3v) is 5.32. The van der Waals surface area contributed by atoms with Crippen LogP contribution in [0.25, 0.3) is 0 Å². The van der Waals surface area contributed by atoms with Crippen molar-refractivity contribution < 1.29 is 4.79 Å². The Morgan fingerprint density at radius 2 is 2.29 bits per heavy atom. The van der Waals surface area contributed by atoms with Crippen LogP contribution in [0.1, 0.15) is 53.6 Å². The summed E-state index contributed by atoms with van der Waals surface area (Å²) in [5.74, 6) is 1.18. The van der Waals surface area contributed by atoms with E-state index >= 15 is 0 Å². The summed E-state index contributed by atoms with van der Waals surface area (Å²) in [6.45, 7) is 2.26. The molecule has 3 unspecified atom stereocenters. The van der Waals surface area contributed by atoms with Gasteiger partial charge in [0.1, 0.15) is 0 Å². The SMILES string of the molecule is CC1CC2CCC13NC(=O)c1c(Cl)ccc2c13. The van der Waals surface area contributed by atoms with Crippen LogP contribution < -0.4 is 5.32 Å². The molecule has 1 aromatic rings. The van der Waals surface area contributed by atoms with Gasteiger partial charge in [0.25, 0.3) is 5.91 Å². The molecule has 4 aliphatic rings. The molecule has 3 atom stereocenters. The van der Waals surface area contributed by atoms with E-state index in [1.165, 1.54) is 24.0 Å². The zero-order chi connectivity index (χ0) is 11.8. The standard InChI is InChI=1S/C14H14ClNO/c1-7-6-8-4-5-14(7)12-9(8)2-3-10(15)11(12)13(17)16-14/h2-3,7-8H,4-6H2,1H3,(H,16,17). The zero-order valence-corrected chi connectivity index (χ0v) is 10.5. The van der Waals surface area contributed by atoms with E-state index < -0.39 is 0 Å². The number of carbonyl (C=O) groups excluding carboxylic acids is 1. The van der Waals surface area contributed by atoms with Crippen molar-refractivity contribution in [3.05, 3.63) is 33.8 Å². The number of carbonyl (C=O) groups is 1. The second-order valence-electron chi connectivity index (χ2n) is 5.68. The Morgan fingerprint density at radius 3 is 3.06 bits per heavy atom. The van der Waals surface area contributed by atoms with E-state index in [1.54, 1.807) is 0 Å². The van der Waals surface area contributed by atoms with Crippen molar-refractivity contribution in [3.8, 4) is 0 Å². The van der Waals surface area contributed by atoms with E-state index in [1.807, 2.05) is 6.07 Å². The molecule has 88 valence electrons. The van der Waals surface area contributed by atoms with Gasteiger partial charge in [0.15, 0.2) is 0 Å². The molecule has 1 N–H and O–H groups in total. The molecule has 0 radical (unpaired) electrons. The zero-order valence-electron chi connectivity index (χ0n) is 9.72.